The van der Waals surface area contributed by atoms with E-state index in [1.165, 1.54) is 12.1 Å². The zero-order chi connectivity index (χ0) is 23.3. The fourth-order valence-electron chi connectivity index (χ4n) is 3.11. The maximum absolute atomic E-state index is 12.9. The lowest BCUT2D eigenvalue weighted by molar-refractivity contribution is 0.0939. The summed E-state index contributed by atoms with van der Waals surface area (Å²) in [6.07, 6.45) is 0. The van der Waals surface area contributed by atoms with Gasteiger partial charge in [-0.2, -0.15) is 0 Å². The van der Waals surface area contributed by atoms with Crippen LogP contribution in [-0.2, 0) is 16.6 Å². The van der Waals surface area contributed by atoms with Gasteiger partial charge in [0.1, 0.15) is 0 Å². The molecule has 0 spiro atoms. The van der Waals surface area contributed by atoms with E-state index >= 15 is 0 Å². The summed E-state index contributed by atoms with van der Waals surface area (Å²) in [6, 6.07) is 19.1. The molecule has 166 valence electrons. The second-order valence-corrected chi connectivity index (χ2v) is 9.64. The molecule has 0 saturated carbocycles. The van der Waals surface area contributed by atoms with Crippen LogP contribution in [0.5, 0.6) is 0 Å². The second kappa shape index (κ2) is 10.1. The molecule has 0 atom stereocenters. The maximum Gasteiger partial charge on any atom is 0.252 e. The molecule has 8 heteroatoms. The third-order valence-electron chi connectivity index (χ3n) is 4.58. The number of hydrogen-bond acceptors (Lipinski definition) is 4. The van der Waals surface area contributed by atoms with Crippen molar-refractivity contribution < 1.29 is 18.0 Å². The Balaban J connectivity index is 1.77. The molecule has 3 aromatic rings. The fraction of sp³-hybridized carbons (Fsp3) is 0.167. The Morgan fingerprint density at radius 1 is 0.906 bits per heavy atom. The number of sulfonamides is 1. The highest BCUT2D eigenvalue weighted by Gasteiger charge is 2.19. The Morgan fingerprint density at radius 3 is 2.22 bits per heavy atom. The zero-order valence-electron chi connectivity index (χ0n) is 17.6. The average molecular weight is 471 g/mol. The summed E-state index contributed by atoms with van der Waals surface area (Å²) in [7, 11) is -3.64. The minimum atomic E-state index is -3.64. The molecule has 0 radical (unpaired) electrons. The van der Waals surface area contributed by atoms with Gasteiger partial charge in [0.05, 0.1) is 10.5 Å². The Kier molecular flexibility index (Phi) is 7.45. The topological polar surface area (TPSA) is 92.3 Å². The van der Waals surface area contributed by atoms with Crippen LogP contribution in [0.2, 0.25) is 5.02 Å². The highest BCUT2D eigenvalue weighted by Crippen LogP contribution is 2.18. The van der Waals surface area contributed by atoms with Crippen molar-refractivity contribution in [2.45, 2.75) is 31.3 Å². The van der Waals surface area contributed by atoms with E-state index in [9.17, 15) is 18.0 Å². The number of carbonyl (C=O) groups is 2. The standard InChI is InChI=1S/C24H23ClN2O4S/c1-16(2)27-32(30,31)20-7-5-6-17(14-20)15-26-24(29)22-9-4-3-8-21(22)23(28)18-10-12-19(25)13-11-18/h3-14,16,27H,15H2,1-2H3,(H,26,29). The van der Waals surface area contributed by atoms with Gasteiger partial charge >= 0.3 is 0 Å². The van der Waals surface area contributed by atoms with Gasteiger partial charge < -0.3 is 5.32 Å². The van der Waals surface area contributed by atoms with Gasteiger partial charge in [0.25, 0.3) is 5.91 Å². The van der Waals surface area contributed by atoms with E-state index in [1.54, 1.807) is 74.5 Å². The predicted octanol–water partition coefficient (Wildman–Crippen LogP) is 4.19. The number of rotatable bonds is 8. The molecular formula is C24H23ClN2O4S. The minimum absolute atomic E-state index is 0.105. The van der Waals surface area contributed by atoms with E-state index in [4.69, 9.17) is 11.6 Å². The van der Waals surface area contributed by atoms with Gasteiger partial charge in [-0.3, -0.25) is 9.59 Å². The van der Waals surface area contributed by atoms with Crippen LogP contribution in [0.15, 0.2) is 77.7 Å². The van der Waals surface area contributed by atoms with Crippen LogP contribution < -0.4 is 10.0 Å². The Morgan fingerprint density at radius 2 is 1.56 bits per heavy atom. The molecule has 32 heavy (non-hydrogen) atoms. The van der Waals surface area contributed by atoms with Crippen molar-refractivity contribution in [2.24, 2.45) is 0 Å². The van der Waals surface area contributed by atoms with Crippen molar-refractivity contribution in [3.8, 4) is 0 Å². The van der Waals surface area contributed by atoms with Crippen molar-refractivity contribution in [1.82, 2.24) is 10.0 Å². The van der Waals surface area contributed by atoms with E-state index in [-0.39, 0.29) is 34.4 Å². The normalized spacial score (nSPS) is 11.4. The molecule has 0 fully saturated rings. The molecule has 0 heterocycles. The molecule has 0 bridgehead atoms. The summed E-state index contributed by atoms with van der Waals surface area (Å²) < 4.78 is 27.3. The fourth-order valence-corrected chi connectivity index (χ4v) is 4.56. The third-order valence-corrected chi connectivity index (χ3v) is 6.48. The van der Waals surface area contributed by atoms with Crippen LogP contribution in [0.4, 0.5) is 0 Å². The Labute approximate surface area is 192 Å². The van der Waals surface area contributed by atoms with Gasteiger partial charge in [-0.15, -0.1) is 0 Å². The molecule has 2 N–H and O–H groups in total. The van der Waals surface area contributed by atoms with Crippen molar-refractivity contribution in [3.05, 3.63) is 100 Å². The van der Waals surface area contributed by atoms with E-state index < -0.39 is 15.9 Å². The van der Waals surface area contributed by atoms with Crippen molar-refractivity contribution in [2.75, 3.05) is 0 Å². The molecule has 0 aliphatic heterocycles. The lowest BCUT2D eigenvalue weighted by Gasteiger charge is -2.12. The summed E-state index contributed by atoms with van der Waals surface area (Å²) >= 11 is 5.89. The molecule has 0 saturated heterocycles. The van der Waals surface area contributed by atoms with E-state index in [2.05, 4.69) is 10.0 Å². The maximum atomic E-state index is 12.9. The van der Waals surface area contributed by atoms with Crippen LogP contribution in [0.25, 0.3) is 0 Å². The van der Waals surface area contributed by atoms with Crippen molar-refractivity contribution in [1.29, 1.82) is 0 Å². The summed E-state index contributed by atoms with van der Waals surface area (Å²) in [5.74, 6) is -0.725. The summed E-state index contributed by atoms with van der Waals surface area (Å²) in [5, 5.41) is 3.28. The molecule has 6 nitrogen and oxygen atoms in total. The second-order valence-electron chi connectivity index (χ2n) is 7.49. The van der Waals surface area contributed by atoms with Crippen molar-refractivity contribution in [3.63, 3.8) is 0 Å². The molecule has 3 aromatic carbocycles. The summed E-state index contributed by atoms with van der Waals surface area (Å²) in [5.41, 5.74) is 1.54. The first-order valence-electron chi connectivity index (χ1n) is 9.96. The molecule has 0 aliphatic carbocycles. The molecule has 0 aliphatic rings. The third kappa shape index (κ3) is 5.82. The lowest BCUT2D eigenvalue weighted by Crippen LogP contribution is -2.30. The summed E-state index contributed by atoms with van der Waals surface area (Å²) in [6.45, 7) is 3.59. The van der Waals surface area contributed by atoms with E-state index in [1.807, 2.05) is 0 Å². The first kappa shape index (κ1) is 23.7. The van der Waals surface area contributed by atoms with Gasteiger partial charge in [-0.25, -0.2) is 13.1 Å². The van der Waals surface area contributed by atoms with Crippen molar-refractivity contribution >= 4 is 33.3 Å². The molecule has 3 rings (SSSR count). The number of carbonyl (C=O) groups excluding carboxylic acids is 2. The highest BCUT2D eigenvalue weighted by atomic mass is 35.5. The summed E-state index contributed by atoms with van der Waals surface area (Å²) in [4.78, 5) is 25.9. The van der Waals surface area contributed by atoms with Crippen LogP contribution in [0.1, 0.15) is 45.7 Å². The van der Waals surface area contributed by atoms with E-state index in [0.717, 1.165) is 0 Å². The van der Waals surface area contributed by atoms with Gasteiger partial charge in [0.2, 0.25) is 10.0 Å². The van der Waals surface area contributed by atoms with Gasteiger partial charge in [0.15, 0.2) is 5.78 Å². The number of halogens is 1. The number of ketones is 1. The van der Waals surface area contributed by atoms with Crippen LogP contribution >= 0.6 is 11.6 Å². The number of amides is 1. The zero-order valence-corrected chi connectivity index (χ0v) is 19.2. The monoisotopic (exact) mass is 470 g/mol. The minimum Gasteiger partial charge on any atom is -0.348 e. The first-order valence-corrected chi connectivity index (χ1v) is 11.8. The lowest BCUT2D eigenvalue weighted by atomic mass is 9.98. The largest absolute Gasteiger partial charge is 0.348 e. The predicted molar refractivity (Wildman–Crippen MR) is 124 cm³/mol. The SMILES string of the molecule is CC(C)NS(=O)(=O)c1cccc(CNC(=O)c2ccccc2C(=O)c2ccc(Cl)cc2)c1. The smallest absolute Gasteiger partial charge is 0.252 e. The van der Waals surface area contributed by atoms with Gasteiger partial charge in [-0.1, -0.05) is 41.9 Å². The van der Waals surface area contributed by atoms with Gasteiger partial charge in [-0.05, 0) is 61.9 Å². The number of nitrogens with one attached hydrogen (secondary N) is 2. The van der Waals surface area contributed by atoms with E-state index in [0.29, 0.717) is 16.1 Å². The average Bonchev–Trinajstić information content (AvgIpc) is 2.77. The molecule has 1 amide bonds. The number of benzene rings is 3. The quantitative estimate of drug-likeness (QED) is 0.483. The van der Waals surface area contributed by atoms with Crippen LogP contribution in [0, 0.1) is 0 Å². The molecule has 0 aromatic heterocycles. The first-order chi connectivity index (χ1) is 15.2. The Bertz CT molecular complexity index is 1240. The van der Waals surface area contributed by atoms with Crippen LogP contribution in [0.3, 0.4) is 0 Å². The van der Waals surface area contributed by atoms with Crippen LogP contribution in [-0.4, -0.2) is 26.2 Å². The molecule has 0 unspecified atom stereocenters. The highest BCUT2D eigenvalue weighted by molar-refractivity contribution is 7.89. The Hall–Kier alpha value is -3.00. The number of hydrogen-bond donors (Lipinski definition) is 2. The molecular weight excluding hydrogens is 448 g/mol. The van der Waals surface area contributed by atoms with Gasteiger partial charge in [0, 0.05) is 28.7 Å².